The third kappa shape index (κ3) is 3.93. The Morgan fingerprint density at radius 1 is 1.45 bits per heavy atom. The van der Waals surface area contributed by atoms with E-state index in [2.05, 4.69) is 43.1 Å². The Balaban J connectivity index is 1.99. The number of hydrogen-bond acceptors (Lipinski definition) is 5. The fraction of sp³-hybridized carbons (Fsp3) is 0.800. The fourth-order valence-electron chi connectivity index (χ4n) is 2.64. The van der Waals surface area contributed by atoms with Crippen LogP contribution in [0.4, 0.5) is 5.13 Å². The topological polar surface area (TPSA) is 31.4 Å². The van der Waals surface area contributed by atoms with E-state index in [1.807, 2.05) is 11.3 Å². The van der Waals surface area contributed by atoms with E-state index in [4.69, 9.17) is 4.98 Å². The van der Waals surface area contributed by atoms with Gasteiger partial charge in [-0.25, -0.2) is 4.98 Å². The monoisotopic (exact) mass is 296 g/mol. The quantitative estimate of drug-likeness (QED) is 0.817. The molecule has 1 aromatic heterocycles. The zero-order chi connectivity index (χ0) is 14.5. The summed E-state index contributed by atoms with van der Waals surface area (Å²) in [6.07, 6.45) is 3.75. The van der Waals surface area contributed by atoms with E-state index in [0.717, 1.165) is 26.2 Å². The molecule has 1 N–H and O–H groups in total. The molecule has 1 saturated heterocycles. The molecule has 0 aromatic carbocycles. The third-order valence-corrected chi connectivity index (χ3v) is 5.21. The number of nitrogens with one attached hydrogen (secondary N) is 1. The Kier molecular flexibility index (Phi) is 5.81. The van der Waals surface area contributed by atoms with E-state index in [0.29, 0.717) is 6.04 Å². The van der Waals surface area contributed by atoms with E-state index >= 15 is 0 Å². The average Bonchev–Trinajstić information content (AvgIpc) is 2.81. The maximum Gasteiger partial charge on any atom is 0.185 e. The molecule has 5 heteroatoms. The van der Waals surface area contributed by atoms with E-state index in [9.17, 15) is 0 Å². The van der Waals surface area contributed by atoms with Gasteiger partial charge in [-0.2, -0.15) is 0 Å². The first kappa shape index (κ1) is 15.7. The summed E-state index contributed by atoms with van der Waals surface area (Å²) in [5, 5.41) is 4.69. The first-order chi connectivity index (χ1) is 9.61. The van der Waals surface area contributed by atoms with Crippen molar-refractivity contribution < 1.29 is 0 Å². The number of anilines is 1. The molecule has 2 heterocycles. The highest BCUT2D eigenvalue weighted by atomic mass is 32.1. The predicted molar refractivity (Wildman–Crippen MR) is 87.8 cm³/mol. The summed E-state index contributed by atoms with van der Waals surface area (Å²) in [4.78, 5) is 11.0. The number of thiazole rings is 1. The SMILES string of the molecule is CCCNCc1sc(N2CCCC(N(C)C)C2)nc1C. The predicted octanol–water partition coefficient (Wildman–Crippen LogP) is 2.48. The zero-order valence-electron chi connectivity index (χ0n) is 13.3. The number of nitrogens with zero attached hydrogens (tertiary/aromatic N) is 3. The molecule has 2 rings (SSSR count). The van der Waals surface area contributed by atoms with Crippen LogP contribution in [-0.4, -0.2) is 49.7 Å². The second-order valence-electron chi connectivity index (χ2n) is 5.89. The largest absolute Gasteiger partial charge is 0.347 e. The van der Waals surface area contributed by atoms with Gasteiger partial charge in [0.2, 0.25) is 0 Å². The molecule has 1 unspecified atom stereocenters. The van der Waals surface area contributed by atoms with E-state index in [1.54, 1.807) is 0 Å². The molecule has 0 radical (unpaired) electrons. The van der Waals surface area contributed by atoms with E-state index in [1.165, 1.54) is 35.0 Å². The van der Waals surface area contributed by atoms with Gasteiger partial charge in [-0.15, -0.1) is 11.3 Å². The molecule has 1 aliphatic heterocycles. The summed E-state index contributed by atoms with van der Waals surface area (Å²) >= 11 is 1.86. The summed E-state index contributed by atoms with van der Waals surface area (Å²) in [5.74, 6) is 0. The molecule has 1 fully saturated rings. The van der Waals surface area contributed by atoms with Gasteiger partial charge in [0.25, 0.3) is 0 Å². The number of aromatic nitrogens is 1. The van der Waals surface area contributed by atoms with Gasteiger partial charge in [0.05, 0.1) is 5.69 Å². The van der Waals surface area contributed by atoms with Crippen LogP contribution >= 0.6 is 11.3 Å². The second-order valence-corrected chi connectivity index (χ2v) is 6.95. The highest BCUT2D eigenvalue weighted by molar-refractivity contribution is 7.15. The van der Waals surface area contributed by atoms with Crippen molar-refractivity contribution in [3.63, 3.8) is 0 Å². The normalized spacial score (nSPS) is 19.9. The van der Waals surface area contributed by atoms with Gasteiger partial charge in [-0.05, 0) is 46.8 Å². The van der Waals surface area contributed by atoms with Crippen LogP contribution < -0.4 is 10.2 Å². The number of piperidine rings is 1. The average molecular weight is 296 g/mol. The standard InChI is InChI=1S/C15H28N4S/c1-5-8-16-10-14-12(2)17-15(20-14)19-9-6-7-13(11-19)18(3)4/h13,16H,5-11H2,1-4H3. The minimum atomic E-state index is 0.662. The fourth-order valence-corrected chi connectivity index (χ4v) is 3.71. The highest BCUT2D eigenvalue weighted by Crippen LogP contribution is 2.28. The van der Waals surface area contributed by atoms with Crippen molar-refractivity contribution in [3.8, 4) is 0 Å². The van der Waals surface area contributed by atoms with E-state index in [-0.39, 0.29) is 0 Å². The summed E-state index contributed by atoms with van der Waals surface area (Å²) in [5.41, 5.74) is 1.19. The Morgan fingerprint density at radius 3 is 2.95 bits per heavy atom. The van der Waals surface area contributed by atoms with Crippen molar-refractivity contribution in [1.82, 2.24) is 15.2 Å². The molecule has 0 saturated carbocycles. The highest BCUT2D eigenvalue weighted by Gasteiger charge is 2.23. The Morgan fingerprint density at radius 2 is 2.25 bits per heavy atom. The molecule has 114 valence electrons. The number of aryl methyl sites for hydroxylation is 1. The first-order valence-electron chi connectivity index (χ1n) is 7.70. The summed E-state index contributed by atoms with van der Waals surface area (Å²) in [6, 6.07) is 0.662. The Labute approximate surface area is 127 Å². The number of hydrogen-bond donors (Lipinski definition) is 1. The van der Waals surface area contributed by atoms with Crippen molar-refractivity contribution in [3.05, 3.63) is 10.6 Å². The maximum absolute atomic E-state index is 4.79. The van der Waals surface area contributed by atoms with Crippen LogP contribution in [0.5, 0.6) is 0 Å². The van der Waals surface area contributed by atoms with Gasteiger partial charge in [-0.3, -0.25) is 0 Å². The van der Waals surface area contributed by atoms with Gasteiger partial charge >= 0.3 is 0 Å². The van der Waals surface area contributed by atoms with Gasteiger partial charge < -0.3 is 15.1 Å². The molecule has 0 aliphatic carbocycles. The molecule has 20 heavy (non-hydrogen) atoms. The van der Waals surface area contributed by atoms with E-state index < -0.39 is 0 Å². The van der Waals surface area contributed by atoms with Crippen molar-refractivity contribution in [2.24, 2.45) is 0 Å². The van der Waals surface area contributed by atoms with Crippen LogP contribution in [-0.2, 0) is 6.54 Å². The lowest BCUT2D eigenvalue weighted by molar-refractivity contribution is 0.258. The van der Waals surface area contributed by atoms with Crippen molar-refractivity contribution in [2.75, 3.05) is 38.6 Å². The van der Waals surface area contributed by atoms with Gasteiger partial charge in [0, 0.05) is 30.6 Å². The van der Waals surface area contributed by atoms with Crippen LogP contribution in [0.2, 0.25) is 0 Å². The van der Waals surface area contributed by atoms with Gasteiger partial charge in [0.1, 0.15) is 0 Å². The minimum Gasteiger partial charge on any atom is -0.347 e. The molecule has 1 aliphatic rings. The Bertz CT molecular complexity index is 416. The molecule has 1 aromatic rings. The van der Waals surface area contributed by atoms with Crippen LogP contribution in [0.3, 0.4) is 0 Å². The first-order valence-corrected chi connectivity index (χ1v) is 8.51. The molecule has 0 amide bonds. The lowest BCUT2D eigenvalue weighted by Gasteiger charge is -2.35. The van der Waals surface area contributed by atoms with Crippen LogP contribution in [0.1, 0.15) is 36.8 Å². The van der Waals surface area contributed by atoms with Crippen LogP contribution in [0.15, 0.2) is 0 Å². The zero-order valence-corrected chi connectivity index (χ0v) is 14.1. The van der Waals surface area contributed by atoms with Crippen molar-refractivity contribution >= 4 is 16.5 Å². The smallest absolute Gasteiger partial charge is 0.185 e. The minimum absolute atomic E-state index is 0.662. The van der Waals surface area contributed by atoms with Gasteiger partial charge in [-0.1, -0.05) is 6.92 Å². The number of rotatable bonds is 6. The van der Waals surface area contributed by atoms with Crippen LogP contribution in [0.25, 0.3) is 0 Å². The van der Waals surface area contributed by atoms with Crippen LogP contribution in [0, 0.1) is 6.92 Å². The van der Waals surface area contributed by atoms with Crippen molar-refractivity contribution in [2.45, 2.75) is 45.7 Å². The second kappa shape index (κ2) is 7.38. The summed E-state index contributed by atoms with van der Waals surface area (Å²) in [6.45, 7) is 8.64. The maximum atomic E-state index is 4.79. The summed E-state index contributed by atoms with van der Waals surface area (Å²) < 4.78 is 0. The lowest BCUT2D eigenvalue weighted by atomic mass is 10.1. The third-order valence-electron chi connectivity index (χ3n) is 3.99. The summed E-state index contributed by atoms with van der Waals surface area (Å²) in [7, 11) is 4.36. The number of likely N-dealkylation sites (N-methyl/N-ethyl adjacent to an activating group) is 1. The molecule has 1 atom stereocenters. The molecular formula is C15H28N4S. The molecule has 0 bridgehead atoms. The molecule has 0 spiro atoms. The van der Waals surface area contributed by atoms with Gasteiger partial charge in [0.15, 0.2) is 5.13 Å². The molecular weight excluding hydrogens is 268 g/mol. The van der Waals surface area contributed by atoms with Crippen molar-refractivity contribution in [1.29, 1.82) is 0 Å². The lowest BCUT2D eigenvalue weighted by Crippen LogP contribution is -2.45. The molecule has 4 nitrogen and oxygen atoms in total. The Hall–Kier alpha value is -0.650.